The summed E-state index contributed by atoms with van der Waals surface area (Å²) in [6.45, 7) is 5.35. The minimum atomic E-state index is -2.25. The summed E-state index contributed by atoms with van der Waals surface area (Å²) in [6.07, 6.45) is 0. The van der Waals surface area contributed by atoms with E-state index in [9.17, 15) is 0 Å². The van der Waals surface area contributed by atoms with Gasteiger partial charge in [0.05, 0.1) is 13.2 Å². The van der Waals surface area contributed by atoms with Crippen LogP contribution < -0.4 is 10.1 Å². The minimum Gasteiger partial charge on any atom is -0.389 e. The Morgan fingerprint density at radius 1 is 0.810 bits per heavy atom. The average Bonchev–Trinajstić information content (AvgIpc) is 2.53. The van der Waals surface area contributed by atoms with Gasteiger partial charge in [0.2, 0.25) is 0 Å². The number of anilines is 1. The third-order valence-corrected chi connectivity index (χ3v) is 6.79. The molecular weight excluding hydrogens is 278 g/mol. The lowest BCUT2D eigenvalue weighted by atomic mass is 10.3. The molecule has 0 saturated carbocycles. The fraction of sp³-hybridized carbons (Fsp3) is 0.294. The Morgan fingerprint density at radius 2 is 1.33 bits per heavy atom. The number of para-hydroxylation sites is 1. The predicted molar refractivity (Wildman–Crippen MR) is 88.3 cm³/mol. The van der Waals surface area contributed by atoms with Crippen LogP contribution >= 0.6 is 0 Å². The first kappa shape index (κ1) is 14.3. The lowest BCUT2D eigenvalue weighted by molar-refractivity contribution is 0.177. The predicted octanol–water partition coefficient (Wildman–Crippen LogP) is 2.52. The van der Waals surface area contributed by atoms with E-state index in [2.05, 4.69) is 60.0 Å². The number of nitrogens with zero attached hydrogens (tertiary/aromatic N) is 1. The molecule has 0 bridgehead atoms. The van der Waals surface area contributed by atoms with Gasteiger partial charge in [0, 0.05) is 18.8 Å². The van der Waals surface area contributed by atoms with Crippen LogP contribution in [0.5, 0.6) is 0 Å². The van der Waals surface area contributed by atoms with Crippen molar-refractivity contribution in [3.63, 3.8) is 0 Å². The largest absolute Gasteiger partial charge is 0.389 e. The fourth-order valence-electron chi connectivity index (χ4n) is 2.66. The van der Waals surface area contributed by atoms with Crippen molar-refractivity contribution in [1.29, 1.82) is 0 Å². The molecule has 0 unspecified atom stereocenters. The summed E-state index contributed by atoms with van der Waals surface area (Å²) in [5.41, 5.74) is 1.23. The van der Waals surface area contributed by atoms with E-state index in [-0.39, 0.29) is 0 Å². The highest BCUT2D eigenvalue weighted by atomic mass is 28.4. The van der Waals surface area contributed by atoms with E-state index in [1.54, 1.807) is 0 Å². The molecular formula is C17H21NO2Si. The molecule has 3 nitrogen and oxygen atoms in total. The van der Waals surface area contributed by atoms with Crippen LogP contribution in [0.25, 0.3) is 0 Å². The highest BCUT2D eigenvalue weighted by Crippen LogP contribution is 2.16. The molecule has 3 rings (SSSR count). The molecule has 110 valence electrons. The van der Waals surface area contributed by atoms with E-state index in [1.807, 2.05) is 12.1 Å². The molecule has 21 heavy (non-hydrogen) atoms. The third kappa shape index (κ3) is 3.35. The van der Waals surface area contributed by atoms with Crippen LogP contribution in [0.2, 0.25) is 6.55 Å². The second-order valence-corrected chi connectivity index (χ2v) is 8.38. The van der Waals surface area contributed by atoms with E-state index in [0.717, 1.165) is 13.1 Å². The normalized spacial score (nSPS) is 18.8. The van der Waals surface area contributed by atoms with Gasteiger partial charge in [-0.1, -0.05) is 48.5 Å². The molecule has 0 atom stereocenters. The summed E-state index contributed by atoms with van der Waals surface area (Å²) >= 11 is 0. The first-order chi connectivity index (χ1) is 10.3. The Bertz CT molecular complexity index is 552. The Labute approximate surface area is 127 Å². The first-order valence-corrected chi connectivity index (χ1v) is 9.73. The first-order valence-electron chi connectivity index (χ1n) is 7.41. The zero-order valence-corrected chi connectivity index (χ0v) is 13.4. The molecule has 1 fully saturated rings. The Hall–Kier alpha value is -1.62. The number of hydrogen-bond acceptors (Lipinski definition) is 3. The third-order valence-electron chi connectivity index (χ3n) is 3.90. The molecule has 1 aliphatic rings. The molecule has 0 amide bonds. The Morgan fingerprint density at radius 3 is 1.90 bits per heavy atom. The summed E-state index contributed by atoms with van der Waals surface area (Å²) in [6, 6.07) is 20.8. The van der Waals surface area contributed by atoms with Crippen molar-refractivity contribution in [3.05, 3.63) is 60.7 Å². The summed E-state index contributed by atoms with van der Waals surface area (Å²) in [7, 11) is -2.25. The molecule has 0 N–H and O–H groups in total. The zero-order chi connectivity index (χ0) is 14.5. The van der Waals surface area contributed by atoms with Crippen molar-refractivity contribution >= 4 is 19.4 Å². The summed E-state index contributed by atoms with van der Waals surface area (Å²) in [4.78, 5) is 2.32. The van der Waals surface area contributed by atoms with E-state index >= 15 is 0 Å². The molecule has 1 aliphatic heterocycles. The van der Waals surface area contributed by atoms with Gasteiger partial charge in [-0.3, -0.25) is 0 Å². The van der Waals surface area contributed by atoms with Gasteiger partial charge in [-0.15, -0.1) is 0 Å². The molecule has 0 radical (unpaired) electrons. The van der Waals surface area contributed by atoms with Gasteiger partial charge < -0.3 is 13.8 Å². The second kappa shape index (κ2) is 6.43. The smallest absolute Gasteiger partial charge is 0.369 e. The molecule has 0 aromatic heterocycles. The van der Waals surface area contributed by atoms with Crippen LogP contribution in [0.3, 0.4) is 0 Å². The number of rotatable bonds is 2. The Kier molecular flexibility index (Phi) is 4.38. The van der Waals surface area contributed by atoms with Crippen LogP contribution in [-0.2, 0) is 8.85 Å². The van der Waals surface area contributed by atoms with Crippen molar-refractivity contribution in [3.8, 4) is 0 Å². The van der Waals surface area contributed by atoms with Gasteiger partial charge >= 0.3 is 8.56 Å². The fourth-order valence-corrected chi connectivity index (χ4v) is 4.84. The minimum absolute atomic E-state index is 0.701. The maximum atomic E-state index is 6.18. The molecule has 1 heterocycles. The molecule has 1 saturated heterocycles. The van der Waals surface area contributed by atoms with Crippen LogP contribution in [0, 0.1) is 0 Å². The van der Waals surface area contributed by atoms with Crippen LogP contribution in [0.4, 0.5) is 5.69 Å². The van der Waals surface area contributed by atoms with Crippen molar-refractivity contribution in [2.45, 2.75) is 6.55 Å². The maximum absolute atomic E-state index is 6.18. The lowest BCUT2D eigenvalue weighted by Gasteiger charge is -2.34. The second-order valence-electron chi connectivity index (χ2n) is 5.33. The lowest BCUT2D eigenvalue weighted by Crippen LogP contribution is -2.54. The monoisotopic (exact) mass is 299 g/mol. The van der Waals surface area contributed by atoms with Gasteiger partial charge in [-0.05, 0) is 23.9 Å². The van der Waals surface area contributed by atoms with Gasteiger partial charge in [-0.2, -0.15) is 0 Å². The summed E-state index contributed by atoms with van der Waals surface area (Å²) < 4.78 is 12.4. The Balaban J connectivity index is 1.69. The van der Waals surface area contributed by atoms with Gasteiger partial charge in [0.15, 0.2) is 0 Å². The number of benzene rings is 2. The number of hydrogen-bond donors (Lipinski definition) is 0. The van der Waals surface area contributed by atoms with E-state index < -0.39 is 8.56 Å². The SMILES string of the molecule is C[Si]1(c2ccccc2)OCCN(c2ccccc2)CCO1. The van der Waals surface area contributed by atoms with E-state index in [1.165, 1.54) is 10.9 Å². The van der Waals surface area contributed by atoms with E-state index in [4.69, 9.17) is 8.85 Å². The topological polar surface area (TPSA) is 21.7 Å². The highest BCUT2D eigenvalue weighted by Gasteiger charge is 2.35. The van der Waals surface area contributed by atoms with Crippen LogP contribution in [0.15, 0.2) is 60.7 Å². The van der Waals surface area contributed by atoms with Gasteiger partial charge in [0.25, 0.3) is 0 Å². The van der Waals surface area contributed by atoms with Crippen molar-refractivity contribution in [2.75, 3.05) is 31.2 Å². The highest BCUT2D eigenvalue weighted by molar-refractivity contribution is 6.79. The summed E-state index contributed by atoms with van der Waals surface area (Å²) in [5.74, 6) is 0. The van der Waals surface area contributed by atoms with Gasteiger partial charge in [-0.25, -0.2) is 0 Å². The van der Waals surface area contributed by atoms with Crippen LogP contribution in [-0.4, -0.2) is 34.9 Å². The van der Waals surface area contributed by atoms with Crippen LogP contribution in [0.1, 0.15) is 0 Å². The van der Waals surface area contributed by atoms with Crippen molar-refractivity contribution in [1.82, 2.24) is 0 Å². The molecule has 4 heteroatoms. The quantitative estimate of drug-likeness (QED) is 0.795. The van der Waals surface area contributed by atoms with Gasteiger partial charge in [0.1, 0.15) is 0 Å². The summed E-state index contributed by atoms with van der Waals surface area (Å²) in [5, 5.41) is 1.21. The molecule has 0 aliphatic carbocycles. The molecule has 2 aromatic rings. The zero-order valence-electron chi connectivity index (χ0n) is 12.4. The average molecular weight is 299 g/mol. The van der Waals surface area contributed by atoms with E-state index in [0.29, 0.717) is 13.2 Å². The van der Waals surface area contributed by atoms with Crippen molar-refractivity contribution in [2.24, 2.45) is 0 Å². The molecule has 2 aromatic carbocycles. The maximum Gasteiger partial charge on any atom is 0.369 e. The molecule has 0 spiro atoms. The van der Waals surface area contributed by atoms with Crippen molar-refractivity contribution < 1.29 is 8.85 Å². The standard InChI is InChI=1S/C17H21NO2Si/c1-21(17-10-6-3-7-11-17)19-14-12-18(13-15-20-21)16-8-4-2-5-9-16/h2-11H,12-15H2,1H3.